The molecule has 0 saturated carbocycles. The standard InChI is InChI=1S/C22H21BrN2O6/c1-3-29-18-12-14(11-17(23)20(18)31-13-19(26)30-4-2)10-16-21(27)24-25(22(16)28)15-8-6-5-7-9-15/h5-12H,3-4,13H2,1-2H3,(H,24,27). The summed E-state index contributed by atoms with van der Waals surface area (Å²) in [5, 5.41) is 1.20. The van der Waals surface area contributed by atoms with Gasteiger partial charge in [-0.1, -0.05) is 18.2 Å². The van der Waals surface area contributed by atoms with Crippen LogP contribution in [-0.2, 0) is 19.1 Å². The predicted octanol–water partition coefficient (Wildman–Crippen LogP) is 3.25. The summed E-state index contributed by atoms with van der Waals surface area (Å²) in [6.07, 6.45) is 1.48. The molecule has 1 aliphatic rings. The van der Waals surface area contributed by atoms with Crippen LogP contribution in [0.25, 0.3) is 6.08 Å². The largest absolute Gasteiger partial charge is 0.490 e. The molecule has 0 spiro atoms. The van der Waals surface area contributed by atoms with Crippen molar-refractivity contribution in [1.29, 1.82) is 0 Å². The molecule has 0 bridgehead atoms. The topological polar surface area (TPSA) is 94.2 Å². The first-order valence-corrected chi connectivity index (χ1v) is 10.4. The number of amides is 2. The van der Waals surface area contributed by atoms with E-state index in [0.717, 1.165) is 0 Å². The maximum atomic E-state index is 12.8. The molecule has 1 fully saturated rings. The zero-order valence-corrected chi connectivity index (χ0v) is 18.6. The number of nitrogens with zero attached hydrogens (tertiary/aromatic N) is 1. The number of ether oxygens (including phenoxy) is 3. The van der Waals surface area contributed by atoms with Gasteiger partial charge in [0.25, 0.3) is 11.8 Å². The predicted molar refractivity (Wildman–Crippen MR) is 117 cm³/mol. The van der Waals surface area contributed by atoms with Crippen LogP contribution < -0.4 is 19.9 Å². The maximum absolute atomic E-state index is 12.8. The van der Waals surface area contributed by atoms with E-state index in [-0.39, 0.29) is 18.8 Å². The lowest BCUT2D eigenvalue weighted by Crippen LogP contribution is -2.35. The Morgan fingerprint density at radius 3 is 2.52 bits per heavy atom. The third kappa shape index (κ3) is 5.24. The van der Waals surface area contributed by atoms with Crippen molar-refractivity contribution >= 4 is 45.5 Å². The Morgan fingerprint density at radius 1 is 1.10 bits per heavy atom. The first-order chi connectivity index (χ1) is 14.9. The van der Waals surface area contributed by atoms with Gasteiger partial charge in [-0.05, 0) is 65.7 Å². The fraction of sp³-hybridized carbons (Fsp3) is 0.227. The lowest BCUT2D eigenvalue weighted by Gasteiger charge is -2.14. The molecule has 162 valence electrons. The second kappa shape index (κ2) is 10.1. The van der Waals surface area contributed by atoms with E-state index in [1.165, 1.54) is 11.1 Å². The summed E-state index contributed by atoms with van der Waals surface area (Å²) in [6, 6.07) is 12.1. The van der Waals surface area contributed by atoms with Gasteiger partial charge in [-0.25, -0.2) is 9.80 Å². The van der Waals surface area contributed by atoms with Crippen molar-refractivity contribution in [3.8, 4) is 11.5 Å². The molecular formula is C22H21BrN2O6. The molecule has 0 aromatic heterocycles. The Labute approximate surface area is 187 Å². The van der Waals surface area contributed by atoms with E-state index < -0.39 is 17.8 Å². The van der Waals surface area contributed by atoms with Gasteiger partial charge in [0, 0.05) is 0 Å². The number of carbonyl (C=O) groups excluding carboxylic acids is 3. The van der Waals surface area contributed by atoms with E-state index >= 15 is 0 Å². The van der Waals surface area contributed by atoms with Gasteiger partial charge in [0.2, 0.25) is 0 Å². The molecule has 0 unspecified atom stereocenters. The number of para-hydroxylation sites is 1. The Kier molecular flexibility index (Phi) is 7.30. The van der Waals surface area contributed by atoms with Gasteiger partial charge in [0.1, 0.15) is 5.57 Å². The molecule has 0 radical (unpaired) electrons. The molecule has 8 nitrogen and oxygen atoms in total. The number of benzene rings is 2. The highest BCUT2D eigenvalue weighted by molar-refractivity contribution is 9.10. The molecular weight excluding hydrogens is 468 g/mol. The molecule has 1 saturated heterocycles. The minimum atomic E-state index is -0.509. The van der Waals surface area contributed by atoms with E-state index in [4.69, 9.17) is 14.2 Å². The van der Waals surface area contributed by atoms with E-state index in [9.17, 15) is 14.4 Å². The van der Waals surface area contributed by atoms with Gasteiger partial charge < -0.3 is 14.2 Å². The summed E-state index contributed by atoms with van der Waals surface area (Å²) in [5.74, 6) is -0.792. The van der Waals surface area contributed by atoms with Crippen molar-refractivity contribution in [2.24, 2.45) is 0 Å². The molecule has 2 amide bonds. The first-order valence-electron chi connectivity index (χ1n) is 9.61. The summed E-state index contributed by atoms with van der Waals surface area (Å²) < 4.78 is 16.6. The second-order valence-corrected chi connectivity index (χ2v) is 7.19. The molecule has 1 aliphatic heterocycles. The Morgan fingerprint density at radius 2 is 1.84 bits per heavy atom. The highest BCUT2D eigenvalue weighted by atomic mass is 79.9. The van der Waals surface area contributed by atoms with Gasteiger partial charge in [0.15, 0.2) is 18.1 Å². The highest BCUT2D eigenvalue weighted by Crippen LogP contribution is 2.38. The molecule has 3 rings (SSSR count). The smallest absolute Gasteiger partial charge is 0.344 e. The number of hydrogen-bond acceptors (Lipinski definition) is 6. The molecule has 1 heterocycles. The van der Waals surface area contributed by atoms with Crippen LogP contribution >= 0.6 is 15.9 Å². The maximum Gasteiger partial charge on any atom is 0.344 e. The van der Waals surface area contributed by atoms with Gasteiger partial charge in [-0.15, -0.1) is 0 Å². The van der Waals surface area contributed by atoms with E-state index in [0.29, 0.717) is 33.8 Å². The van der Waals surface area contributed by atoms with Crippen LogP contribution in [0.1, 0.15) is 19.4 Å². The molecule has 2 aromatic carbocycles. The normalized spacial score (nSPS) is 14.5. The number of esters is 1. The molecule has 2 aromatic rings. The Hall–Kier alpha value is -3.33. The third-order valence-electron chi connectivity index (χ3n) is 4.19. The lowest BCUT2D eigenvalue weighted by atomic mass is 10.1. The van der Waals surface area contributed by atoms with Crippen LogP contribution in [-0.4, -0.2) is 37.6 Å². The van der Waals surface area contributed by atoms with Crippen molar-refractivity contribution in [3.05, 3.63) is 58.1 Å². The Bertz CT molecular complexity index is 1020. The summed E-state index contributed by atoms with van der Waals surface area (Å²) in [7, 11) is 0. The number of hydrazine groups is 1. The molecule has 31 heavy (non-hydrogen) atoms. The fourth-order valence-corrected chi connectivity index (χ4v) is 3.47. The van der Waals surface area contributed by atoms with Gasteiger partial charge in [-0.2, -0.15) is 0 Å². The first kappa shape index (κ1) is 22.4. The summed E-state index contributed by atoms with van der Waals surface area (Å²) in [5.41, 5.74) is 3.65. The van der Waals surface area contributed by atoms with Crippen LogP contribution in [0.2, 0.25) is 0 Å². The number of nitrogens with one attached hydrogen (secondary N) is 1. The summed E-state index contributed by atoms with van der Waals surface area (Å²) >= 11 is 3.40. The van der Waals surface area contributed by atoms with Crippen molar-refractivity contribution in [3.63, 3.8) is 0 Å². The zero-order chi connectivity index (χ0) is 22.4. The quantitative estimate of drug-likeness (QED) is 0.348. The summed E-state index contributed by atoms with van der Waals surface area (Å²) in [6.45, 7) is 3.84. The van der Waals surface area contributed by atoms with Crippen molar-refractivity contribution in [1.82, 2.24) is 5.43 Å². The fourth-order valence-electron chi connectivity index (χ4n) is 2.89. The van der Waals surface area contributed by atoms with Crippen molar-refractivity contribution in [2.75, 3.05) is 24.8 Å². The Balaban J connectivity index is 1.88. The monoisotopic (exact) mass is 488 g/mol. The molecule has 0 atom stereocenters. The minimum absolute atomic E-state index is 0.0154. The van der Waals surface area contributed by atoms with Crippen LogP contribution in [0.3, 0.4) is 0 Å². The lowest BCUT2D eigenvalue weighted by molar-refractivity contribution is -0.145. The third-order valence-corrected chi connectivity index (χ3v) is 4.78. The minimum Gasteiger partial charge on any atom is -0.490 e. The number of carbonyl (C=O) groups is 3. The highest BCUT2D eigenvalue weighted by Gasteiger charge is 2.34. The van der Waals surface area contributed by atoms with Crippen LogP contribution in [0.5, 0.6) is 11.5 Å². The number of halogens is 1. The van der Waals surface area contributed by atoms with Gasteiger partial charge >= 0.3 is 5.97 Å². The van der Waals surface area contributed by atoms with Gasteiger partial charge in [0.05, 0.1) is 23.4 Å². The van der Waals surface area contributed by atoms with E-state index in [2.05, 4.69) is 21.4 Å². The SMILES string of the molecule is CCOC(=O)COc1c(Br)cc(C=C2C(=O)NN(c3ccccc3)C2=O)cc1OCC. The second-order valence-electron chi connectivity index (χ2n) is 6.33. The molecule has 1 N–H and O–H groups in total. The average Bonchev–Trinajstić information content (AvgIpc) is 3.02. The van der Waals surface area contributed by atoms with Gasteiger partial charge in [-0.3, -0.25) is 15.0 Å². The zero-order valence-electron chi connectivity index (χ0n) is 17.0. The molecule has 0 aliphatic carbocycles. The van der Waals surface area contributed by atoms with Crippen LogP contribution in [0.15, 0.2) is 52.5 Å². The number of rotatable bonds is 8. The average molecular weight is 489 g/mol. The van der Waals surface area contributed by atoms with Crippen molar-refractivity contribution in [2.45, 2.75) is 13.8 Å². The number of hydrogen-bond donors (Lipinski definition) is 1. The number of anilines is 1. The van der Waals surface area contributed by atoms with E-state index in [1.807, 2.05) is 6.07 Å². The molecule has 9 heteroatoms. The summed E-state index contributed by atoms with van der Waals surface area (Å²) in [4.78, 5) is 36.8. The van der Waals surface area contributed by atoms with Crippen LogP contribution in [0.4, 0.5) is 5.69 Å². The van der Waals surface area contributed by atoms with E-state index in [1.54, 1.807) is 50.2 Å². The van der Waals surface area contributed by atoms with Crippen LogP contribution in [0, 0.1) is 0 Å². The van der Waals surface area contributed by atoms with Crippen molar-refractivity contribution < 1.29 is 28.6 Å².